The van der Waals surface area contributed by atoms with Crippen molar-refractivity contribution >= 4 is 39.3 Å². The SMILES string of the molecule is COc1ccc(C(=O)NC(C(=O)NCC(=O)Nc2ccc(Br)cc2)C(C)C)cc1. The minimum absolute atomic E-state index is 0.160. The van der Waals surface area contributed by atoms with Gasteiger partial charge in [-0.25, -0.2) is 0 Å². The molecule has 1 atom stereocenters. The van der Waals surface area contributed by atoms with Gasteiger partial charge in [0.2, 0.25) is 11.8 Å². The Hall–Kier alpha value is -2.87. The molecule has 0 fully saturated rings. The van der Waals surface area contributed by atoms with E-state index in [1.165, 1.54) is 0 Å². The highest BCUT2D eigenvalue weighted by molar-refractivity contribution is 9.10. The van der Waals surface area contributed by atoms with Crippen LogP contribution in [0.4, 0.5) is 5.69 Å². The van der Waals surface area contributed by atoms with Crippen LogP contribution in [-0.4, -0.2) is 37.4 Å². The highest BCUT2D eigenvalue weighted by atomic mass is 79.9. The fraction of sp³-hybridized carbons (Fsp3) is 0.286. The third-order valence-corrected chi connectivity index (χ3v) is 4.67. The molecule has 7 nitrogen and oxygen atoms in total. The summed E-state index contributed by atoms with van der Waals surface area (Å²) in [5.74, 6) is -0.679. The lowest BCUT2D eigenvalue weighted by atomic mass is 10.0. The quantitative estimate of drug-likeness (QED) is 0.562. The van der Waals surface area contributed by atoms with Crippen LogP contribution < -0.4 is 20.7 Å². The average molecular weight is 462 g/mol. The normalized spacial score (nSPS) is 11.5. The van der Waals surface area contributed by atoms with Crippen molar-refractivity contribution in [3.05, 3.63) is 58.6 Å². The zero-order chi connectivity index (χ0) is 21.4. The van der Waals surface area contributed by atoms with Crippen molar-refractivity contribution in [1.29, 1.82) is 0 Å². The van der Waals surface area contributed by atoms with Crippen molar-refractivity contribution in [2.45, 2.75) is 19.9 Å². The Kier molecular flexibility index (Phi) is 8.21. The van der Waals surface area contributed by atoms with E-state index in [-0.39, 0.29) is 24.3 Å². The fourth-order valence-electron chi connectivity index (χ4n) is 2.52. The number of hydrogen-bond donors (Lipinski definition) is 3. The monoisotopic (exact) mass is 461 g/mol. The molecule has 0 aliphatic heterocycles. The van der Waals surface area contributed by atoms with Crippen LogP contribution in [0.2, 0.25) is 0 Å². The number of nitrogens with one attached hydrogen (secondary N) is 3. The van der Waals surface area contributed by atoms with Gasteiger partial charge in [-0.3, -0.25) is 14.4 Å². The highest BCUT2D eigenvalue weighted by Gasteiger charge is 2.25. The molecule has 29 heavy (non-hydrogen) atoms. The van der Waals surface area contributed by atoms with Gasteiger partial charge in [-0.1, -0.05) is 29.8 Å². The molecule has 0 saturated heterocycles. The maximum atomic E-state index is 12.5. The molecule has 0 saturated carbocycles. The van der Waals surface area contributed by atoms with E-state index in [0.29, 0.717) is 17.0 Å². The topological polar surface area (TPSA) is 96.5 Å². The van der Waals surface area contributed by atoms with Gasteiger partial charge in [0.25, 0.3) is 5.91 Å². The Morgan fingerprint density at radius 1 is 1.00 bits per heavy atom. The molecule has 0 radical (unpaired) electrons. The molecular weight excluding hydrogens is 438 g/mol. The first-order valence-electron chi connectivity index (χ1n) is 9.08. The molecular formula is C21H24BrN3O4. The van der Waals surface area contributed by atoms with Crippen molar-refractivity contribution in [3.8, 4) is 5.75 Å². The molecule has 2 rings (SSSR count). The van der Waals surface area contributed by atoms with Gasteiger partial charge < -0.3 is 20.7 Å². The summed E-state index contributed by atoms with van der Waals surface area (Å²) in [7, 11) is 1.54. The van der Waals surface area contributed by atoms with Gasteiger partial charge in [0.15, 0.2) is 0 Å². The summed E-state index contributed by atoms with van der Waals surface area (Å²) in [5.41, 5.74) is 1.04. The van der Waals surface area contributed by atoms with Gasteiger partial charge in [-0.15, -0.1) is 0 Å². The van der Waals surface area contributed by atoms with Crippen LogP contribution in [0.25, 0.3) is 0 Å². The number of ether oxygens (including phenoxy) is 1. The van der Waals surface area contributed by atoms with E-state index in [9.17, 15) is 14.4 Å². The van der Waals surface area contributed by atoms with E-state index in [1.54, 1.807) is 55.6 Å². The van der Waals surface area contributed by atoms with E-state index >= 15 is 0 Å². The third kappa shape index (κ3) is 6.90. The van der Waals surface area contributed by atoms with E-state index < -0.39 is 11.9 Å². The number of rotatable bonds is 8. The molecule has 0 heterocycles. The standard InChI is InChI=1S/C21H24BrN3O4/c1-13(2)19(25-20(27)14-4-10-17(29-3)11-5-14)21(28)23-12-18(26)24-16-8-6-15(22)7-9-16/h4-11,13,19H,12H2,1-3H3,(H,23,28)(H,24,26)(H,25,27). The van der Waals surface area contributed by atoms with Gasteiger partial charge in [0.05, 0.1) is 13.7 Å². The number of benzene rings is 2. The number of carbonyl (C=O) groups excluding carboxylic acids is 3. The van der Waals surface area contributed by atoms with Gasteiger partial charge in [0, 0.05) is 15.7 Å². The minimum Gasteiger partial charge on any atom is -0.497 e. The number of anilines is 1. The second-order valence-corrected chi connectivity index (χ2v) is 7.61. The molecule has 3 N–H and O–H groups in total. The number of carbonyl (C=O) groups is 3. The average Bonchev–Trinajstić information content (AvgIpc) is 2.71. The van der Waals surface area contributed by atoms with E-state index in [1.807, 2.05) is 13.8 Å². The largest absolute Gasteiger partial charge is 0.497 e. The van der Waals surface area contributed by atoms with Crippen molar-refractivity contribution in [3.63, 3.8) is 0 Å². The molecule has 2 aromatic carbocycles. The molecule has 8 heteroatoms. The van der Waals surface area contributed by atoms with Crippen LogP contribution in [0.3, 0.4) is 0 Å². The van der Waals surface area contributed by atoms with Crippen LogP contribution in [0, 0.1) is 5.92 Å². The summed E-state index contributed by atoms with van der Waals surface area (Å²) >= 11 is 3.32. The minimum atomic E-state index is -0.773. The Morgan fingerprint density at radius 2 is 1.62 bits per heavy atom. The molecule has 1 unspecified atom stereocenters. The molecule has 0 aliphatic rings. The lowest BCUT2D eigenvalue weighted by Gasteiger charge is -2.21. The van der Waals surface area contributed by atoms with Crippen molar-refractivity contribution in [2.24, 2.45) is 5.92 Å². The maximum absolute atomic E-state index is 12.5. The summed E-state index contributed by atoms with van der Waals surface area (Å²) in [5, 5.41) is 7.99. The molecule has 0 aliphatic carbocycles. The van der Waals surface area contributed by atoms with Gasteiger partial charge in [-0.2, -0.15) is 0 Å². The second-order valence-electron chi connectivity index (χ2n) is 6.70. The Labute approximate surface area is 178 Å². The predicted molar refractivity (Wildman–Crippen MR) is 115 cm³/mol. The van der Waals surface area contributed by atoms with E-state index in [2.05, 4.69) is 31.9 Å². The number of amides is 3. The van der Waals surface area contributed by atoms with Crippen molar-refractivity contribution in [2.75, 3.05) is 19.0 Å². The lowest BCUT2D eigenvalue weighted by Crippen LogP contribution is -2.51. The predicted octanol–water partition coefficient (Wildman–Crippen LogP) is 2.97. The first kappa shape index (κ1) is 22.4. The lowest BCUT2D eigenvalue weighted by molar-refractivity contribution is -0.126. The van der Waals surface area contributed by atoms with Crippen LogP contribution in [0.15, 0.2) is 53.0 Å². The van der Waals surface area contributed by atoms with E-state index in [4.69, 9.17) is 4.74 Å². The summed E-state index contributed by atoms with van der Waals surface area (Å²) in [4.78, 5) is 37.0. The first-order valence-corrected chi connectivity index (χ1v) is 9.87. The zero-order valence-electron chi connectivity index (χ0n) is 16.5. The third-order valence-electron chi connectivity index (χ3n) is 4.14. The summed E-state index contributed by atoms with van der Waals surface area (Å²) in [6.45, 7) is 3.44. The van der Waals surface area contributed by atoms with Crippen LogP contribution >= 0.6 is 15.9 Å². The van der Waals surface area contributed by atoms with Crippen LogP contribution in [-0.2, 0) is 9.59 Å². The van der Waals surface area contributed by atoms with Gasteiger partial charge in [0.1, 0.15) is 11.8 Å². The molecule has 3 amide bonds. The Morgan fingerprint density at radius 3 is 2.17 bits per heavy atom. The van der Waals surface area contributed by atoms with Crippen molar-refractivity contribution < 1.29 is 19.1 Å². The number of halogens is 1. The maximum Gasteiger partial charge on any atom is 0.251 e. The second kappa shape index (κ2) is 10.6. The number of hydrogen-bond acceptors (Lipinski definition) is 4. The summed E-state index contributed by atoms with van der Waals surface area (Å²) in [6, 6.07) is 12.9. The molecule has 0 aromatic heterocycles. The summed E-state index contributed by atoms with van der Waals surface area (Å²) < 4.78 is 5.97. The molecule has 2 aromatic rings. The zero-order valence-corrected chi connectivity index (χ0v) is 18.1. The van der Waals surface area contributed by atoms with Crippen LogP contribution in [0.5, 0.6) is 5.75 Å². The molecule has 0 bridgehead atoms. The first-order chi connectivity index (χ1) is 13.8. The highest BCUT2D eigenvalue weighted by Crippen LogP contribution is 2.14. The van der Waals surface area contributed by atoms with Gasteiger partial charge >= 0.3 is 0 Å². The number of methoxy groups -OCH3 is 1. The van der Waals surface area contributed by atoms with Gasteiger partial charge in [-0.05, 0) is 54.4 Å². The Bertz CT molecular complexity index is 851. The van der Waals surface area contributed by atoms with E-state index in [0.717, 1.165) is 4.47 Å². The van der Waals surface area contributed by atoms with Crippen molar-refractivity contribution in [1.82, 2.24) is 10.6 Å². The Balaban J connectivity index is 1.91. The molecule has 154 valence electrons. The smallest absolute Gasteiger partial charge is 0.251 e. The molecule has 0 spiro atoms. The fourth-order valence-corrected chi connectivity index (χ4v) is 2.78. The van der Waals surface area contributed by atoms with Crippen LogP contribution in [0.1, 0.15) is 24.2 Å². The summed E-state index contributed by atoms with van der Waals surface area (Å²) in [6.07, 6.45) is 0.